The van der Waals surface area contributed by atoms with Crippen LogP contribution in [0.3, 0.4) is 0 Å². The van der Waals surface area contributed by atoms with Gasteiger partial charge in [-0.1, -0.05) is 31.5 Å². The van der Waals surface area contributed by atoms with Gasteiger partial charge in [-0.05, 0) is 30.4 Å². The Kier molecular flexibility index (Phi) is 5.24. The van der Waals surface area contributed by atoms with E-state index in [2.05, 4.69) is 28.8 Å². The van der Waals surface area contributed by atoms with Crippen molar-refractivity contribution in [1.29, 1.82) is 5.26 Å². The first kappa shape index (κ1) is 15.4. The molecule has 0 saturated carbocycles. The van der Waals surface area contributed by atoms with Crippen molar-refractivity contribution in [1.82, 2.24) is 15.0 Å². The number of nitriles is 1. The maximum atomic E-state index is 8.75. The number of hydrogen-bond donors (Lipinski definition) is 0. The lowest BCUT2D eigenvalue weighted by molar-refractivity contribution is 0.554. The van der Waals surface area contributed by atoms with E-state index in [1.165, 1.54) is 0 Å². The van der Waals surface area contributed by atoms with E-state index in [-0.39, 0.29) is 5.92 Å². The zero-order valence-corrected chi connectivity index (χ0v) is 12.9. The van der Waals surface area contributed by atoms with Crippen LogP contribution in [-0.2, 0) is 0 Å². The highest BCUT2D eigenvalue weighted by Crippen LogP contribution is 2.26. The lowest BCUT2D eigenvalue weighted by Crippen LogP contribution is -2.03. The second-order valence-electron chi connectivity index (χ2n) is 5.23. The highest BCUT2D eigenvalue weighted by molar-refractivity contribution is 6.30. The summed E-state index contributed by atoms with van der Waals surface area (Å²) in [6.07, 6.45) is 7.05. The maximum absolute atomic E-state index is 8.75. The second-order valence-corrected chi connectivity index (χ2v) is 5.66. The molecule has 2 unspecified atom stereocenters. The lowest BCUT2D eigenvalue weighted by Gasteiger charge is -2.15. The molecule has 2 aromatic rings. The van der Waals surface area contributed by atoms with Gasteiger partial charge in [-0.3, -0.25) is 0 Å². The molecule has 0 N–H and O–H groups in total. The topological polar surface area (TPSA) is 62.5 Å². The Morgan fingerprint density at radius 3 is 2.29 bits per heavy atom. The van der Waals surface area contributed by atoms with Crippen LogP contribution in [0.5, 0.6) is 0 Å². The average Bonchev–Trinajstić information content (AvgIpc) is 2.53. The molecule has 0 fully saturated rings. The summed E-state index contributed by atoms with van der Waals surface area (Å²) in [5.74, 6) is 1.50. The second kappa shape index (κ2) is 7.14. The molecule has 5 heteroatoms. The molecule has 0 aromatic carbocycles. The van der Waals surface area contributed by atoms with Gasteiger partial charge in [0.25, 0.3) is 0 Å². The van der Waals surface area contributed by atoms with Gasteiger partial charge in [0.1, 0.15) is 17.6 Å². The molecule has 0 aliphatic heterocycles. The van der Waals surface area contributed by atoms with Crippen molar-refractivity contribution >= 4 is 11.6 Å². The fourth-order valence-electron chi connectivity index (χ4n) is 2.14. The van der Waals surface area contributed by atoms with Crippen molar-refractivity contribution < 1.29 is 0 Å². The molecule has 0 radical (unpaired) electrons. The van der Waals surface area contributed by atoms with Gasteiger partial charge in [-0.25, -0.2) is 15.0 Å². The van der Waals surface area contributed by atoms with Crippen LogP contribution < -0.4 is 0 Å². The van der Waals surface area contributed by atoms with Gasteiger partial charge in [0.15, 0.2) is 0 Å². The Hall–Kier alpha value is -1.99. The molecule has 0 amide bonds. The molecule has 2 atom stereocenters. The summed E-state index contributed by atoms with van der Waals surface area (Å²) < 4.78 is 0. The fraction of sp³-hybridized carbons (Fsp3) is 0.375. The molecule has 2 rings (SSSR count). The Labute approximate surface area is 129 Å². The molecule has 108 valence electrons. The Bertz CT molecular complexity index is 616. The van der Waals surface area contributed by atoms with Crippen LogP contribution >= 0.6 is 11.6 Å². The van der Waals surface area contributed by atoms with Gasteiger partial charge in [0.2, 0.25) is 0 Å². The van der Waals surface area contributed by atoms with Crippen molar-refractivity contribution in [3.05, 3.63) is 52.8 Å². The van der Waals surface area contributed by atoms with Crippen molar-refractivity contribution in [3.8, 4) is 6.07 Å². The summed E-state index contributed by atoms with van der Waals surface area (Å²) in [4.78, 5) is 12.6. The lowest BCUT2D eigenvalue weighted by atomic mass is 9.93. The van der Waals surface area contributed by atoms with Gasteiger partial charge in [0.05, 0.1) is 5.02 Å². The molecule has 0 bridgehead atoms. The van der Waals surface area contributed by atoms with Gasteiger partial charge >= 0.3 is 0 Å². The fourth-order valence-corrected chi connectivity index (χ4v) is 2.23. The van der Waals surface area contributed by atoms with Crippen molar-refractivity contribution in [3.63, 3.8) is 0 Å². The van der Waals surface area contributed by atoms with Gasteiger partial charge in [0, 0.05) is 24.5 Å². The van der Waals surface area contributed by atoms with E-state index < -0.39 is 0 Å². The summed E-state index contributed by atoms with van der Waals surface area (Å²) in [5, 5.41) is 9.31. The van der Waals surface area contributed by atoms with E-state index in [9.17, 15) is 0 Å². The Balaban J connectivity index is 1.92. The standard InChI is InChI=1S/C16H17ClN4/c1-11(13-5-6-15(7-18)19-8-13)3-4-12(2)16-20-9-14(17)10-21-16/h5-6,8-12H,3-4H2,1-2H3. The van der Waals surface area contributed by atoms with Crippen LogP contribution in [0.15, 0.2) is 30.7 Å². The number of nitrogens with zero attached hydrogens (tertiary/aromatic N) is 4. The number of aromatic nitrogens is 3. The minimum Gasteiger partial charge on any atom is -0.245 e. The molecular formula is C16H17ClN4. The normalized spacial score (nSPS) is 13.4. The van der Waals surface area contributed by atoms with Gasteiger partial charge in [-0.15, -0.1) is 0 Å². The van der Waals surface area contributed by atoms with Crippen LogP contribution in [0.1, 0.15) is 55.6 Å². The first-order valence-corrected chi connectivity index (χ1v) is 7.31. The highest BCUT2D eigenvalue weighted by Gasteiger charge is 2.12. The summed E-state index contributed by atoms with van der Waals surface area (Å²) in [6.45, 7) is 4.28. The SMILES string of the molecule is CC(CCC(C)c1ncc(Cl)cn1)c1ccc(C#N)nc1. The van der Waals surface area contributed by atoms with E-state index in [1.54, 1.807) is 24.7 Å². The minimum absolute atomic E-state index is 0.288. The summed E-state index contributed by atoms with van der Waals surface area (Å²) in [5.41, 5.74) is 1.60. The molecule has 2 aromatic heterocycles. The number of rotatable bonds is 5. The molecule has 0 spiro atoms. The van der Waals surface area contributed by atoms with Crippen molar-refractivity contribution in [2.75, 3.05) is 0 Å². The molecule has 2 heterocycles. The summed E-state index contributed by atoms with van der Waals surface area (Å²) >= 11 is 5.79. The predicted molar refractivity (Wildman–Crippen MR) is 82.1 cm³/mol. The van der Waals surface area contributed by atoms with E-state index in [1.807, 2.05) is 12.1 Å². The first-order valence-electron chi connectivity index (χ1n) is 6.93. The molecule has 0 aliphatic rings. The largest absolute Gasteiger partial charge is 0.245 e. The number of hydrogen-bond acceptors (Lipinski definition) is 4. The third-order valence-electron chi connectivity index (χ3n) is 3.58. The van der Waals surface area contributed by atoms with E-state index in [0.717, 1.165) is 24.2 Å². The third-order valence-corrected chi connectivity index (χ3v) is 3.78. The highest BCUT2D eigenvalue weighted by atomic mass is 35.5. The van der Waals surface area contributed by atoms with Crippen LogP contribution in [0.25, 0.3) is 0 Å². The van der Waals surface area contributed by atoms with E-state index >= 15 is 0 Å². The Morgan fingerprint density at radius 2 is 1.71 bits per heavy atom. The quantitative estimate of drug-likeness (QED) is 0.834. The predicted octanol–water partition coefficient (Wildman–Crippen LogP) is 4.08. The average molecular weight is 301 g/mol. The Morgan fingerprint density at radius 1 is 1.05 bits per heavy atom. The first-order chi connectivity index (χ1) is 10.1. The van der Waals surface area contributed by atoms with Crippen molar-refractivity contribution in [2.24, 2.45) is 0 Å². The summed E-state index contributed by atoms with van der Waals surface area (Å²) in [7, 11) is 0. The van der Waals surface area contributed by atoms with Gasteiger partial charge in [-0.2, -0.15) is 5.26 Å². The maximum Gasteiger partial charge on any atom is 0.140 e. The summed E-state index contributed by atoms with van der Waals surface area (Å²) in [6, 6.07) is 5.76. The smallest absolute Gasteiger partial charge is 0.140 e. The van der Waals surface area contributed by atoms with Crippen LogP contribution in [-0.4, -0.2) is 15.0 Å². The van der Waals surface area contributed by atoms with Crippen molar-refractivity contribution in [2.45, 2.75) is 38.5 Å². The number of halogens is 1. The van der Waals surface area contributed by atoms with Gasteiger partial charge < -0.3 is 0 Å². The van der Waals surface area contributed by atoms with Crippen LogP contribution in [0, 0.1) is 11.3 Å². The van der Waals surface area contributed by atoms with Crippen LogP contribution in [0.2, 0.25) is 5.02 Å². The number of pyridine rings is 1. The molecule has 0 aliphatic carbocycles. The molecule has 0 saturated heterocycles. The minimum atomic E-state index is 0.288. The zero-order valence-electron chi connectivity index (χ0n) is 12.1. The van der Waals surface area contributed by atoms with Crippen LogP contribution in [0.4, 0.5) is 0 Å². The molecule has 21 heavy (non-hydrogen) atoms. The zero-order chi connectivity index (χ0) is 15.2. The monoisotopic (exact) mass is 300 g/mol. The third kappa shape index (κ3) is 4.24. The van der Waals surface area contributed by atoms with E-state index in [0.29, 0.717) is 16.6 Å². The molecule has 4 nitrogen and oxygen atoms in total. The molecular weight excluding hydrogens is 284 g/mol. The van der Waals surface area contributed by atoms with E-state index in [4.69, 9.17) is 16.9 Å².